The molecule has 0 radical (unpaired) electrons. The maximum atomic E-state index is 12.2. The second-order valence-electron chi connectivity index (χ2n) is 4.37. The molecule has 2 rings (SSSR count). The van der Waals surface area contributed by atoms with Gasteiger partial charge in [0.25, 0.3) is 5.91 Å². The average molecular weight is 252 g/mol. The highest BCUT2D eigenvalue weighted by Crippen LogP contribution is 2.23. The monoisotopic (exact) mass is 252 g/mol. The van der Waals surface area contributed by atoms with Crippen LogP contribution in [-0.2, 0) is 4.79 Å². The summed E-state index contributed by atoms with van der Waals surface area (Å²) in [5.41, 5.74) is 0. The highest BCUT2D eigenvalue weighted by Gasteiger charge is 2.35. The van der Waals surface area contributed by atoms with Crippen molar-refractivity contribution in [3.63, 3.8) is 0 Å². The van der Waals surface area contributed by atoms with Crippen LogP contribution >= 0.6 is 11.3 Å². The lowest BCUT2D eigenvalue weighted by atomic mass is 10.2. The highest BCUT2D eigenvalue weighted by atomic mass is 32.1. The zero-order valence-electron chi connectivity index (χ0n) is 10.0. The Morgan fingerprint density at radius 1 is 1.47 bits per heavy atom. The van der Waals surface area contributed by atoms with Crippen LogP contribution in [0.4, 0.5) is 0 Å². The first-order valence-corrected chi connectivity index (χ1v) is 6.55. The van der Waals surface area contributed by atoms with E-state index >= 15 is 0 Å². The molecule has 1 fully saturated rings. The maximum absolute atomic E-state index is 12.2. The second-order valence-corrected chi connectivity index (χ2v) is 5.31. The van der Waals surface area contributed by atoms with Gasteiger partial charge in [-0.2, -0.15) is 0 Å². The van der Waals surface area contributed by atoms with Crippen molar-refractivity contribution in [3.05, 3.63) is 22.4 Å². The molecule has 0 spiro atoms. The Balaban J connectivity index is 2.15. The minimum absolute atomic E-state index is 0.0160. The summed E-state index contributed by atoms with van der Waals surface area (Å²) in [5.74, 6) is 0.00473. The lowest BCUT2D eigenvalue weighted by Crippen LogP contribution is -2.45. The van der Waals surface area contributed by atoms with E-state index in [2.05, 4.69) is 0 Å². The van der Waals surface area contributed by atoms with E-state index in [1.165, 1.54) is 11.3 Å². The van der Waals surface area contributed by atoms with Crippen molar-refractivity contribution < 1.29 is 9.59 Å². The van der Waals surface area contributed by atoms with Crippen LogP contribution in [-0.4, -0.2) is 48.3 Å². The third-order valence-corrected chi connectivity index (χ3v) is 3.83. The maximum Gasteiger partial charge on any atom is 0.264 e. The lowest BCUT2D eigenvalue weighted by Gasteiger charge is -2.25. The number of likely N-dealkylation sites (tertiary alicyclic amines) is 1. The number of rotatable bonds is 2. The van der Waals surface area contributed by atoms with Crippen LogP contribution in [0, 0.1) is 0 Å². The Hall–Kier alpha value is -1.36. The molecule has 0 aliphatic carbocycles. The number of thiophene rings is 1. The fourth-order valence-electron chi connectivity index (χ4n) is 2.11. The smallest absolute Gasteiger partial charge is 0.264 e. The van der Waals surface area contributed by atoms with Gasteiger partial charge in [0, 0.05) is 20.6 Å². The third-order valence-electron chi connectivity index (χ3n) is 2.97. The predicted molar refractivity (Wildman–Crippen MR) is 67.1 cm³/mol. The molecule has 0 bridgehead atoms. The molecule has 0 aromatic carbocycles. The molecule has 4 nitrogen and oxygen atoms in total. The van der Waals surface area contributed by atoms with Gasteiger partial charge in [-0.3, -0.25) is 9.59 Å². The molecule has 1 aliphatic heterocycles. The first-order valence-electron chi connectivity index (χ1n) is 5.67. The van der Waals surface area contributed by atoms with Crippen molar-refractivity contribution in [2.45, 2.75) is 18.9 Å². The Kier molecular flexibility index (Phi) is 3.47. The van der Waals surface area contributed by atoms with Gasteiger partial charge in [0.05, 0.1) is 4.88 Å². The van der Waals surface area contributed by atoms with Gasteiger partial charge in [-0.05, 0) is 24.3 Å². The summed E-state index contributed by atoms with van der Waals surface area (Å²) >= 11 is 1.42. The van der Waals surface area contributed by atoms with E-state index in [0.29, 0.717) is 11.4 Å². The number of hydrogen-bond donors (Lipinski definition) is 0. The van der Waals surface area contributed by atoms with Gasteiger partial charge in [0.15, 0.2) is 0 Å². The molecule has 1 saturated heterocycles. The van der Waals surface area contributed by atoms with E-state index in [4.69, 9.17) is 0 Å². The van der Waals surface area contributed by atoms with E-state index in [0.717, 1.165) is 12.8 Å². The molecule has 0 N–H and O–H groups in total. The van der Waals surface area contributed by atoms with E-state index in [-0.39, 0.29) is 17.9 Å². The van der Waals surface area contributed by atoms with Crippen LogP contribution in [0.3, 0.4) is 0 Å². The molecule has 17 heavy (non-hydrogen) atoms. The van der Waals surface area contributed by atoms with Gasteiger partial charge in [-0.15, -0.1) is 11.3 Å². The van der Waals surface area contributed by atoms with Crippen molar-refractivity contribution in [2.75, 3.05) is 20.6 Å². The van der Waals surface area contributed by atoms with Crippen LogP contribution < -0.4 is 0 Å². The lowest BCUT2D eigenvalue weighted by molar-refractivity contribution is -0.132. The van der Waals surface area contributed by atoms with Crippen molar-refractivity contribution >= 4 is 23.2 Å². The first kappa shape index (κ1) is 12.1. The van der Waals surface area contributed by atoms with E-state index in [1.54, 1.807) is 23.9 Å². The summed E-state index contributed by atoms with van der Waals surface area (Å²) < 4.78 is 0. The van der Waals surface area contributed by atoms with E-state index in [1.807, 2.05) is 17.5 Å². The molecule has 2 heterocycles. The summed E-state index contributed by atoms with van der Waals surface area (Å²) in [6, 6.07) is 3.39. The Labute approximate surface area is 105 Å². The molecule has 1 unspecified atom stereocenters. The summed E-state index contributed by atoms with van der Waals surface area (Å²) in [6.45, 7) is 0.682. The van der Waals surface area contributed by atoms with Crippen LogP contribution in [0.15, 0.2) is 17.5 Å². The summed E-state index contributed by atoms with van der Waals surface area (Å²) in [4.78, 5) is 28.2. The predicted octanol–water partition coefficient (Wildman–Crippen LogP) is 1.44. The zero-order valence-corrected chi connectivity index (χ0v) is 10.9. The molecular weight excluding hydrogens is 236 g/mol. The number of carbonyl (C=O) groups excluding carboxylic acids is 2. The number of likely N-dealkylation sites (N-methyl/N-ethyl adjacent to an activating group) is 1. The third kappa shape index (κ3) is 2.34. The topological polar surface area (TPSA) is 40.6 Å². The Morgan fingerprint density at radius 3 is 2.82 bits per heavy atom. The van der Waals surface area contributed by atoms with Gasteiger partial charge < -0.3 is 9.80 Å². The van der Waals surface area contributed by atoms with Crippen molar-refractivity contribution in [1.82, 2.24) is 9.80 Å². The fourth-order valence-corrected chi connectivity index (χ4v) is 2.79. The number of hydrogen-bond acceptors (Lipinski definition) is 3. The molecule has 0 saturated carbocycles. The van der Waals surface area contributed by atoms with Crippen molar-refractivity contribution in [3.8, 4) is 0 Å². The Morgan fingerprint density at radius 2 is 2.24 bits per heavy atom. The highest BCUT2D eigenvalue weighted by molar-refractivity contribution is 7.12. The fraction of sp³-hybridized carbons (Fsp3) is 0.500. The number of amides is 2. The van der Waals surface area contributed by atoms with Crippen LogP contribution in [0.1, 0.15) is 22.5 Å². The van der Waals surface area contributed by atoms with E-state index in [9.17, 15) is 9.59 Å². The Bertz CT molecular complexity index is 414. The molecule has 1 aromatic heterocycles. The van der Waals surface area contributed by atoms with Crippen molar-refractivity contribution in [1.29, 1.82) is 0 Å². The molecule has 1 atom stereocenters. The van der Waals surface area contributed by atoms with E-state index < -0.39 is 0 Å². The summed E-state index contributed by atoms with van der Waals surface area (Å²) in [5, 5.41) is 1.88. The minimum Gasteiger partial charge on any atom is -0.347 e. The van der Waals surface area contributed by atoms with Gasteiger partial charge in [0.1, 0.15) is 6.04 Å². The standard InChI is InChI=1S/C12H16N2O2S/c1-13(2)11(15)9-5-3-7-14(9)12(16)10-6-4-8-17-10/h4,6,8-9H,3,5,7H2,1-2H3. The van der Waals surface area contributed by atoms with Crippen molar-refractivity contribution in [2.24, 2.45) is 0 Å². The minimum atomic E-state index is -0.278. The van der Waals surface area contributed by atoms with Gasteiger partial charge >= 0.3 is 0 Å². The largest absolute Gasteiger partial charge is 0.347 e. The second kappa shape index (κ2) is 4.87. The number of carbonyl (C=O) groups is 2. The molecule has 5 heteroatoms. The average Bonchev–Trinajstić information content (AvgIpc) is 2.97. The zero-order chi connectivity index (χ0) is 12.4. The summed E-state index contributed by atoms with van der Waals surface area (Å²) in [7, 11) is 3.46. The van der Waals surface area contributed by atoms with Gasteiger partial charge in [0.2, 0.25) is 5.91 Å². The summed E-state index contributed by atoms with van der Waals surface area (Å²) in [6.07, 6.45) is 1.68. The molecular formula is C12H16N2O2S. The number of nitrogens with zero attached hydrogens (tertiary/aromatic N) is 2. The molecule has 1 aliphatic rings. The van der Waals surface area contributed by atoms with Crippen LogP contribution in [0.5, 0.6) is 0 Å². The quantitative estimate of drug-likeness (QED) is 0.799. The molecule has 92 valence electrons. The van der Waals surface area contributed by atoms with Gasteiger partial charge in [-0.1, -0.05) is 6.07 Å². The molecule has 1 aromatic rings. The normalized spacial score (nSPS) is 19.4. The molecule has 2 amide bonds. The van der Waals surface area contributed by atoms with Gasteiger partial charge in [-0.25, -0.2) is 0 Å². The van der Waals surface area contributed by atoms with Crippen LogP contribution in [0.25, 0.3) is 0 Å². The SMILES string of the molecule is CN(C)C(=O)C1CCCN1C(=O)c1cccs1. The van der Waals surface area contributed by atoms with Crippen LogP contribution in [0.2, 0.25) is 0 Å². The first-order chi connectivity index (χ1) is 8.11.